The fraction of sp³-hybridized carbons (Fsp3) is 0.571. The Balaban J connectivity index is 0.545. The number of amidine groups is 2. The minimum absolute atomic E-state index is 0.0641. The highest BCUT2D eigenvalue weighted by molar-refractivity contribution is 7.22. The molecule has 6 fully saturated rings. The number of likely N-dealkylation sites (tertiary alicyclic amines) is 1. The number of pyridine rings is 1. The number of anilines is 1. The van der Waals surface area contributed by atoms with Crippen LogP contribution in [0.3, 0.4) is 0 Å². The van der Waals surface area contributed by atoms with Gasteiger partial charge in [-0.2, -0.15) is 5.10 Å². The molecule has 0 radical (unpaired) electrons. The number of aromatic nitrogens is 4. The number of ether oxygens (including phenoxy) is 1. The van der Waals surface area contributed by atoms with Crippen molar-refractivity contribution in [2.45, 2.75) is 193 Å². The number of unbranched alkanes of at least 4 members (excludes halogenated alkanes) is 9. The standard InChI is InChI=1S/C70H90N12O7S/c1-45(61(71)77-66-74-54-20-15-16-21-56(54)90-66)50-19-18-34-80(62(50)72)57-27-25-52(60(75-57)65(87)88)53-40-73-82(46(53)2)44-69-32-31-67(3)42-68(4,43-69)70(67,69)89-38-37-78(5)33-17-13-11-9-7-6-8-10-12-14-22-59(84)79-35-29-47(30-36-79)48-23-24-51-49(39-48)41-81(64(51)86)55-26-28-58(83)76-63(55)85/h15-16,20-21,23-25,27,39-40,47,55,72H,6-14,17-19,22,26,28-38,41-44H2,1-5H3,(H,87,88)(H2,71,74,77)(H,76,83,85)/b50-45-,72-62?. The van der Waals surface area contributed by atoms with Gasteiger partial charge in [0.25, 0.3) is 5.91 Å². The van der Waals surface area contributed by atoms with E-state index in [1.165, 1.54) is 74.7 Å². The number of aromatic carboxylic acids is 1. The van der Waals surface area contributed by atoms with Crippen molar-refractivity contribution in [1.82, 2.24) is 39.8 Å². The number of carboxylic acid groups (broad SMARTS) is 1. The molecule has 0 spiro atoms. The quantitative estimate of drug-likeness (QED) is 0.0174. The molecule has 478 valence electrons. The summed E-state index contributed by atoms with van der Waals surface area (Å²) in [6.45, 7) is 14.5. The number of fused-ring (bicyclic) bond motifs is 2. The number of nitrogens with two attached hydrogens (primary N) is 1. The lowest BCUT2D eigenvalue weighted by Gasteiger charge is -2.80. The van der Waals surface area contributed by atoms with Crippen LogP contribution >= 0.6 is 11.3 Å². The van der Waals surface area contributed by atoms with Gasteiger partial charge < -0.3 is 35.2 Å². The zero-order chi connectivity index (χ0) is 63.1. The summed E-state index contributed by atoms with van der Waals surface area (Å²) in [4.78, 5) is 85.3. The van der Waals surface area contributed by atoms with Crippen LogP contribution in [0.25, 0.3) is 21.3 Å². The number of benzene rings is 2. The number of imide groups is 1. The first-order valence-corrected chi connectivity index (χ1v) is 34.0. The van der Waals surface area contributed by atoms with Crippen LogP contribution in [0.4, 0.5) is 10.9 Å². The van der Waals surface area contributed by atoms with Gasteiger partial charge >= 0.3 is 5.97 Å². The van der Waals surface area contributed by atoms with Crippen LogP contribution in [0.15, 0.2) is 76.9 Å². The number of carboxylic acids is 1. The minimum Gasteiger partial charge on any atom is -0.476 e. The number of hydrogen-bond acceptors (Lipinski definition) is 13. The summed E-state index contributed by atoms with van der Waals surface area (Å²) in [7, 11) is 2.22. The number of aliphatic imine (C=N–C) groups is 1. The van der Waals surface area contributed by atoms with Gasteiger partial charge in [0.2, 0.25) is 22.9 Å². The molecule has 0 bridgehead atoms. The van der Waals surface area contributed by atoms with Crippen LogP contribution in [0.5, 0.6) is 0 Å². The number of rotatable bonds is 26. The third kappa shape index (κ3) is 11.8. The van der Waals surface area contributed by atoms with Gasteiger partial charge in [0.1, 0.15) is 23.5 Å². The Kier molecular flexibility index (Phi) is 18.1. The number of piperidine rings is 3. The first-order chi connectivity index (χ1) is 43.3. The summed E-state index contributed by atoms with van der Waals surface area (Å²) in [6.07, 6.45) is 22.5. The van der Waals surface area contributed by atoms with E-state index in [0.717, 1.165) is 110 Å². The second kappa shape index (κ2) is 25.8. The Labute approximate surface area is 532 Å². The lowest BCUT2D eigenvalue weighted by molar-refractivity contribution is -0.391. The average Bonchev–Trinajstić information content (AvgIpc) is 1.33. The van der Waals surface area contributed by atoms with Crippen molar-refractivity contribution < 1.29 is 33.8 Å². The van der Waals surface area contributed by atoms with Crippen LogP contribution in [-0.4, -0.2) is 139 Å². The largest absolute Gasteiger partial charge is 0.476 e. The zero-order valence-electron chi connectivity index (χ0n) is 53.3. The van der Waals surface area contributed by atoms with E-state index in [0.29, 0.717) is 84.9 Å². The van der Waals surface area contributed by atoms with Gasteiger partial charge in [0.05, 0.1) is 28.6 Å². The number of likely N-dealkylation sites (N-methyl/N-ethyl adjacent to an activating group) is 1. The monoisotopic (exact) mass is 1240 g/mol. The second-order valence-corrected chi connectivity index (χ2v) is 28.7. The molecule has 5 atom stereocenters. The van der Waals surface area contributed by atoms with E-state index in [2.05, 4.69) is 51.8 Å². The van der Waals surface area contributed by atoms with Crippen molar-refractivity contribution in [2.75, 3.05) is 51.3 Å². The number of nitrogens with zero attached hydrogens (tertiary/aromatic N) is 9. The highest BCUT2D eigenvalue weighted by atomic mass is 32.1. The minimum atomic E-state index is -1.14. The Bertz CT molecular complexity index is 3640. The molecule has 5 unspecified atom stereocenters. The van der Waals surface area contributed by atoms with E-state index in [-0.39, 0.29) is 57.5 Å². The molecule has 3 saturated carbocycles. The van der Waals surface area contributed by atoms with Crippen LogP contribution in [0.1, 0.15) is 199 Å². The van der Waals surface area contributed by atoms with Gasteiger partial charge in [-0.15, -0.1) is 0 Å². The van der Waals surface area contributed by atoms with Crippen molar-refractivity contribution in [3.63, 3.8) is 0 Å². The maximum absolute atomic E-state index is 13.2. The number of hydrogen-bond donors (Lipinski definition) is 4. The molecule has 5 N–H and O–H groups in total. The summed E-state index contributed by atoms with van der Waals surface area (Å²) in [5.74, 6) is -0.441. The summed E-state index contributed by atoms with van der Waals surface area (Å²) in [5.41, 5.74) is 13.6. The molecule has 90 heavy (non-hydrogen) atoms. The SMILES string of the molecule is CC(/C(N)=N/c1nc2ccccc2s1)=C1\CCCN(c2ccc(-c3cnn(CC45CCC6(C)CC(C)(C4)C65OCCN(C)CCCCCCCCCCCCC(=O)N4CCC(c5ccc6c(c5)CN(C5CCC(=O)NC5=O)C6=O)CC4)c3C)c(C(=O)O)n2)C1=N. The number of nitrogens with one attached hydrogen (secondary N) is 2. The van der Waals surface area contributed by atoms with Gasteiger partial charge in [0.15, 0.2) is 5.69 Å². The zero-order valence-corrected chi connectivity index (χ0v) is 54.2. The smallest absolute Gasteiger partial charge is 0.355 e. The van der Waals surface area contributed by atoms with Crippen molar-refractivity contribution >= 4 is 73.8 Å². The number of amides is 4. The predicted octanol–water partition coefficient (Wildman–Crippen LogP) is 11.9. The highest BCUT2D eigenvalue weighted by Crippen LogP contribution is 2.87. The summed E-state index contributed by atoms with van der Waals surface area (Å²) in [5, 5.41) is 27.8. The lowest BCUT2D eigenvalue weighted by atomic mass is 9.29. The summed E-state index contributed by atoms with van der Waals surface area (Å²) >= 11 is 1.46. The molecule has 3 aromatic heterocycles. The van der Waals surface area contributed by atoms with Gasteiger partial charge in [-0.3, -0.25) is 34.6 Å². The molecule has 4 amide bonds. The van der Waals surface area contributed by atoms with Crippen molar-refractivity contribution in [2.24, 2.45) is 27.0 Å². The van der Waals surface area contributed by atoms with Crippen LogP contribution in [-0.2, 0) is 32.2 Å². The van der Waals surface area contributed by atoms with Gasteiger partial charge in [0, 0.05) is 85.5 Å². The first kappa shape index (κ1) is 63.0. The van der Waals surface area contributed by atoms with E-state index < -0.39 is 17.9 Å². The number of carbonyl (C=O) groups excluding carboxylic acids is 4. The summed E-state index contributed by atoms with van der Waals surface area (Å²) in [6, 6.07) is 16.9. The maximum atomic E-state index is 13.2. The van der Waals surface area contributed by atoms with Gasteiger partial charge in [-0.25, -0.2) is 19.8 Å². The van der Waals surface area contributed by atoms with Gasteiger partial charge in [-0.1, -0.05) is 101 Å². The van der Waals surface area contributed by atoms with E-state index in [1.807, 2.05) is 67.3 Å². The van der Waals surface area contributed by atoms with Crippen LogP contribution in [0.2, 0.25) is 0 Å². The molecule has 19 nitrogen and oxygen atoms in total. The number of carbonyl (C=O) groups is 5. The van der Waals surface area contributed by atoms with Crippen molar-refractivity contribution in [1.29, 1.82) is 5.41 Å². The second-order valence-electron chi connectivity index (χ2n) is 27.7. The normalized spacial score (nSPS) is 25.6. The molecule has 2 aromatic carbocycles. The van der Waals surface area contributed by atoms with Gasteiger partial charge in [-0.05, 0) is 162 Å². The van der Waals surface area contributed by atoms with Crippen molar-refractivity contribution in [3.05, 3.63) is 100 Å². The molecule has 7 aliphatic rings. The number of para-hydroxylation sites is 1. The van der Waals surface area contributed by atoms with Crippen LogP contribution in [0, 0.1) is 28.6 Å². The molecule has 3 saturated heterocycles. The average molecular weight is 1240 g/mol. The molecular weight excluding hydrogens is 1150 g/mol. The van der Waals surface area contributed by atoms with Crippen LogP contribution < -0.4 is 16.0 Å². The van der Waals surface area contributed by atoms with E-state index in [9.17, 15) is 34.5 Å². The first-order valence-electron chi connectivity index (χ1n) is 33.2. The fourth-order valence-corrected chi connectivity index (χ4v) is 18.4. The Hall–Kier alpha value is -7.16. The molecular formula is C70H90N12O7S. The van der Waals surface area contributed by atoms with E-state index in [1.54, 1.807) is 16.0 Å². The molecule has 3 aliphatic carbocycles. The van der Waals surface area contributed by atoms with E-state index >= 15 is 0 Å². The Morgan fingerprint density at radius 2 is 1.60 bits per heavy atom. The lowest BCUT2D eigenvalue weighted by Crippen LogP contribution is -2.82. The fourth-order valence-electron chi connectivity index (χ4n) is 17.6. The van der Waals surface area contributed by atoms with E-state index in [4.69, 9.17) is 20.6 Å². The highest BCUT2D eigenvalue weighted by Gasteiger charge is 2.88. The van der Waals surface area contributed by atoms with Crippen molar-refractivity contribution in [3.8, 4) is 11.1 Å². The third-order valence-electron chi connectivity index (χ3n) is 21.9. The topological polar surface area (TPSA) is 246 Å². The Morgan fingerprint density at radius 3 is 2.33 bits per heavy atom. The predicted molar refractivity (Wildman–Crippen MR) is 350 cm³/mol. The molecule has 12 rings (SSSR count). The molecule has 4 aliphatic heterocycles. The molecule has 7 heterocycles. The number of thiazole rings is 1. The molecule has 5 aromatic rings. The Morgan fingerprint density at radius 1 is 0.867 bits per heavy atom. The third-order valence-corrected chi connectivity index (χ3v) is 22.8. The summed E-state index contributed by atoms with van der Waals surface area (Å²) < 4.78 is 10.4. The maximum Gasteiger partial charge on any atom is 0.355 e. The molecule has 20 heteroatoms.